The Labute approximate surface area is 104 Å². The molecule has 2 aliphatic heterocycles. The lowest BCUT2D eigenvalue weighted by Gasteiger charge is -2.36. The molecule has 0 spiro atoms. The summed E-state index contributed by atoms with van der Waals surface area (Å²) < 4.78 is 22.6. The lowest BCUT2D eigenvalue weighted by atomic mass is 9.88. The van der Waals surface area contributed by atoms with Gasteiger partial charge >= 0.3 is 6.03 Å². The van der Waals surface area contributed by atoms with Crippen molar-refractivity contribution in [1.82, 2.24) is 10.2 Å². The molecule has 2 aliphatic rings. The SMILES string of the molecule is CC1(C)C(=O)NC(=O)N(C2C=CS(=O)(=O)C2)C1=O. The van der Waals surface area contributed by atoms with Crippen LogP contribution in [0.3, 0.4) is 0 Å². The van der Waals surface area contributed by atoms with Gasteiger partial charge in [0, 0.05) is 5.41 Å². The molecule has 18 heavy (non-hydrogen) atoms. The number of urea groups is 1. The molecule has 0 radical (unpaired) electrons. The minimum atomic E-state index is -3.38. The second-order valence-electron chi connectivity index (χ2n) is 4.78. The number of rotatable bonds is 1. The zero-order valence-corrected chi connectivity index (χ0v) is 10.7. The standard InChI is InChI=1S/C10H12N2O5S/c1-10(2)7(13)11-9(15)12(8(10)14)6-3-4-18(16,17)5-6/h3-4,6H,5H2,1-2H3,(H,11,13,15). The van der Waals surface area contributed by atoms with Crippen molar-refractivity contribution < 1.29 is 22.8 Å². The predicted molar refractivity (Wildman–Crippen MR) is 60.9 cm³/mol. The number of hydrogen-bond acceptors (Lipinski definition) is 5. The predicted octanol–water partition coefficient (Wildman–Crippen LogP) is -0.598. The third kappa shape index (κ3) is 1.82. The molecule has 0 bridgehead atoms. The molecule has 1 N–H and O–H groups in total. The van der Waals surface area contributed by atoms with E-state index in [0.717, 1.165) is 10.3 Å². The van der Waals surface area contributed by atoms with Crippen molar-refractivity contribution in [3.63, 3.8) is 0 Å². The highest BCUT2D eigenvalue weighted by molar-refractivity contribution is 7.94. The van der Waals surface area contributed by atoms with Gasteiger partial charge in [-0.2, -0.15) is 0 Å². The van der Waals surface area contributed by atoms with E-state index in [1.807, 2.05) is 0 Å². The molecule has 0 aromatic carbocycles. The summed E-state index contributed by atoms with van der Waals surface area (Å²) in [6, 6.07) is -1.73. The Hall–Kier alpha value is -1.70. The van der Waals surface area contributed by atoms with E-state index < -0.39 is 39.1 Å². The van der Waals surface area contributed by atoms with Crippen molar-refractivity contribution >= 4 is 27.7 Å². The zero-order valence-electron chi connectivity index (χ0n) is 9.84. The molecule has 7 nitrogen and oxygen atoms in total. The summed E-state index contributed by atoms with van der Waals surface area (Å²) in [4.78, 5) is 36.0. The van der Waals surface area contributed by atoms with Crippen LogP contribution in [0.1, 0.15) is 13.8 Å². The van der Waals surface area contributed by atoms with Crippen LogP contribution in [0.25, 0.3) is 0 Å². The van der Waals surface area contributed by atoms with Crippen LogP contribution in [0, 0.1) is 5.41 Å². The van der Waals surface area contributed by atoms with Gasteiger partial charge in [0.1, 0.15) is 5.41 Å². The molecule has 8 heteroatoms. The van der Waals surface area contributed by atoms with Crippen LogP contribution in [0.4, 0.5) is 4.79 Å². The third-order valence-corrected chi connectivity index (χ3v) is 4.38. The van der Waals surface area contributed by atoms with E-state index in [-0.39, 0.29) is 5.75 Å². The maximum Gasteiger partial charge on any atom is 0.331 e. The summed E-state index contributed by atoms with van der Waals surface area (Å²) in [5.41, 5.74) is -1.38. The van der Waals surface area contributed by atoms with E-state index in [1.54, 1.807) is 0 Å². The first-order chi connectivity index (χ1) is 8.15. The van der Waals surface area contributed by atoms with Gasteiger partial charge in [-0.15, -0.1) is 0 Å². The van der Waals surface area contributed by atoms with Gasteiger partial charge in [-0.1, -0.05) is 0 Å². The highest BCUT2D eigenvalue weighted by Gasteiger charge is 2.50. The number of carbonyl (C=O) groups excluding carboxylic acids is 3. The molecule has 0 aromatic heterocycles. The van der Waals surface area contributed by atoms with Crippen molar-refractivity contribution in [2.24, 2.45) is 5.41 Å². The van der Waals surface area contributed by atoms with E-state index >= 15 is 0 Å². The van der Waals surface area contributed by atoms with Crippen LogP contribution in [0.5, 0.6) is 0 Å². The van der Waals surface area contributed by atoms with Crippen molar-refractivity contribution in [2.45, 2.75) is 19.9 Å². The normalized spacial score (nSPS) is 29.6. The van der Waals surface area contributed by atoms with E-state index in [9.17, 15) is 22.8 Å². The van der Waals surface area contributed by atoms with Gasteiger partial charge in [0.2, 0.25) is 11.8 Å². The van der Waals surface area contributed by atoms with Gasteiger partial charge < -0.3 is 0 Å². The average molecular weight is 272 g/mol. The van der Waals surface area contributed by atoms with Crippen LogP contribution in [-0.2, 0) is 19.4 Å². The van der Waals surface area contributed by atoms with Crippen molar-refractivity contribution in [3.8, 4) is 0 Å². The van der Waals surface area contributed by atoms with E-state index in [2.05, 4.69) is 5.32 Å². The number of sulfone groups is 1. The summed E-state index contributed by atoms with van der Waals surface area (Å²) in [6.07, 6.45) is 1.28. The fraction of sp³-hybridized carbons (Fsp3) is 0.500. The van der Waals surface area contributed by atoms with E-state index in [0.29, 0.717) is 0 Å². The quantitative estimate of drug-likeness (QED) is 0.642. The van der Waals surface area contributed by atoms with Gasteiger partial charge in [-0.25, -0.2) is 13.2 Å². The number of hydrogen-bond donors (Lipinski definition) is 1. The summed E-state index contributed by atoms with van der Waals surface area (Å²) in [5.74, 6) is -1.71. The molecule has 2 rings (SSSR count). The fourth-order valence-corrected chi connectivity index (χ4v) is 3.09. The minimum absolute atomic E-state index is 0.337. The zero-order chi connectivity index (χ0) is 13.7. The maximum absolute atomic E-state index is 12.1. The van der Waals surface area contributed by atoms with Gasteiger partial charge in [0.05, 0.1) is 11.8 Å². The van der Waals surface area contributed by atoms with Crippen LogP contribution in [0.2, 0.25) is 0 Å². The first-order valence-corrected chi connectivity index (χ1v) is 6.97. The van der Waals surface area contributed by atoms with Gasteiger partial charge in [-0.3, -0.25) is 19.8 Å². The molecule has 0 aliphatic carbocycles. The molecule has 1 atom stereocenters. The molecular weight excluding hydrogens is 260 g/mol. The molecule has 0 saturated carbocycles. The Morgan fingerprint density at radius 1 is 1.33 bits per heavy atom. The van der Waals surface area contributed by atoms with Crippen LogP contribution >= 0.6 is 0 Å². The van der Waals surface area contributed by atoms with Crippen molar-refractivity contribution in [1.29, 1.82) is 0 Å². The summed E-state index contributed by atoms with van der Waals surface area (Å²) in [7, 11) is -3.38. The topological polar surface area (TPSA) is 101 Å². The van der Waals surface area contributed by atoms with Crippen LogP contribution in [-0.4, -0.2) is 43.0 Å². The first-order valence-electron chi connectivity index (χ1n) is 5.25. The van der Waals surface area contributed by atoms with Gasteiger partial charge in [-0.05, 0) is 19.9 Å². The van der Waals surface area contributed by atoms with Crippen molar-refractivity contribution in [3.05, 3.63) is 11.5 Å². The Morgan fingerprint density at radius 2 is 1.94 bits per heavy atom. The van der Waals surface area contributed by atoms with Gasteiger partial charge in [0.25, 0.3) is 0 Å². The minimum Gasteiger partial charge on any atom is -0.277 e. The molecular formula is C10H12N2O5S. The van der Waals surface area contributed by atoms with E-state index in [4.69, 9.17) is 0 Å². The number of carbonyl (C=O) groups is 3. The summed E-state index contributed by atoms with van der Waals surface area (Å²) >= 11 is 0. The number of imide groups is 2. The highest BCUT2D eigenvalue weighted by Crippen LogP contribution is 2.27. The molecule has 2 heterocycles. The first kappa shape index (κ1) is 12.7. The lowest BCUT2D eigenvalue weighted by Crippen LogP contribution is -2.64. The van der Waals surface area contributed by atoms with Crippen molar-refractivity contribution in [2.75, 3.05) is 5.75 Å². The molecule has 1 saturated heterocycles. The molecule has 1 unspecified atom stereocenters. The molecule has 98 valence electrons. The number of barbiturate groups is 1. The molecule has 1 fully saturated rings. The molecule has 0 aromatic rings. The highest BCUT2D eigenvalue weighted by atomic mass is 32.2. The lowest BCUT2D eigenvalue weighted by molar-refractivity contribution is -0.149. The second-order valence-corrected chi connectivity index (χ2v) is 6.72. The second kappa shape index (κ2) is 3.64. The summed E-state index contributed by atoms with van der Waals surface area (Å²) in [5, 5.41) is 3.03. The Bertz CT molecular complexity index is 575. The third-order valence-electron chi connectivity index (χ3n) is 3.00. The van der Waals surface area contributed by atoms with E-state index in [1.165, 1.54) is 19.9 Å². The number of amides is 4. The molecule has 4 amide bonds. The number of nitrogens with zero attached hydrogens (tertiary/aromatic N) is 1. The Kier molecular flexibility index (Phi) is 2.58. The Balaban J connectivity index is 2.34. The largest absolute Gasteiger partial charge is 0.331 e. The fourth-order valence-electron chi connectivity index (χ4n) is 1.83. The smallest absolute Gasteiger partial charge is 0.277 e. The van der Waals surface area contributed by atoms with Crippen LogP contribution < -0.4 is 5.32 Å². The monoisotopic (exact) mass is 272 g/mol. The van der Waals surface area contributed by atoms with Crippen LogP contribution in [0.15, 0.2) is 11.5 Å². The maximum atomic E-state index is 12.1. The van der Waals surface area contributed by atoms with Gasteiger partial charge in [0.15, 0.2) is 9.84 Å². The average Bonchev–Trinajstić information content (AvgIpc) is 2.57. The Morgan fingerprint density at radius 3 is 2.44 bits per heavy atom. The summed E-state index contributed by atoms with van der Waals surface area (Å²) in [6.45, 7) is 2.77. The number of nitrogens with one attached hydrogen (secondary N) is 1.